The third kappa shape index (κ3) is 3.99. The van der Waals surface area contributed by atoms with Crippen molar-refractivity contribution in [1.82, 2.24) is 0 Å². The molecule has 2 aromatic rings. The highest BCUT2D eigenvalue weighted by molar-refractivity contribution is 6.30. The summed E-state index contributed by atoms with van der Waals surface area (Å²) in [5.41, 5.74) is 6.74. The van der Waals surface area contributed by atoms with Crippen LogP contribution in [-0.2, 0) is 6.61 Å². The molecule has 2 aromatic carbocycles. The molecule has 20 heavy (non-hydrogen) atoms. The van der Waals surface area contributed by atoms with Crippen molar-refractivity contribution in [3.05, 3.63) is 64.4 Å². The summed E-state index contributed by atoms with van der Waals surface area (Å²) in [4.78, 5) is 0. The van der Waals surface area contributed by atoms with Crippen LogP contribution in [0.2, 0.25) is 5.02 Å². The lowest BCUT2D eigenvalue weighted by molar-refractivity contribution is 0.305. The van der Waals surface area contributed by atoms with E-state index in [4.69, 9.17) is 22.1 Å². The number of benzene rings is 2. The van der Waals surface area contributed by atoms with Gasteiger partial charge in [0.05, 0.1) is 12.1 Å². The highest BCUT2D eigenvalue weighted by Crippen LogP contribution is 2.20. The van der Waals surface area contributed by atoms with Crippen LogP contribution in [0, 0.1) is 17.7 Å². The van der Waals surface area contributed by atoms with Crippen LogP contribution in [0.15, 0.2) is 42.5 Å². The molecular formula is C16H13ClFNO. The first-order valence-corrected chi connectivity index (χ1v) is 6.42. The van der Waals surface area contributed by atoms with Gasteiger partial charge in [0.15, 0.2) is 0 Å². The zero-order valence-corrected chi connectivity index (χ0v) is 11.5. The lowest BCUT2D eigenvalue weighted by Crippen LogP contribution is -1.98. The lowest BCUT2D eigenvalue weighted by atomic mass is 10.2. The van der Waals surface area contributed by atoms with Gasteiger partial charge in [0.1, 0.15) is 18.2 Å². The zero-order valence-electron chi connectivity index (χ0n) is 10.7. The van der Waals surface area contributed by atoms with Crippen LogP contribution in [0.4, 0.5) is 4.39 Å². The Morgan fingerprint density at radius 2 is 2.05 bits per heavy atom. The summed E-state index contributed by atoms with van der Waals surface area (Å²) in [5.74, 6) is 5.65. The van der Waals surface area contributed by atoms with Gasteiger partial charge in [-0.1, -0.05) is 35.6 Å². The van der Waals surface area contributed by atoms with Gasteiger partial charge in [-0.2, -0.15) is 0 Å². The molecule has 0 saturated heterocycles. The summed E-state index contributed by atoms with van der Waals surface area (Å²) in [7, 11) is 0. The van der Waals surface area contributed by atoms with E-state index in [1.807, 2.05) is 18.2 Å². The molecule has 0 spiro atoms. The second kappa shape index (κ2) is 6.95. The maximum atomic E-state index is 13.2. The molecule has 2 rings (SSSR count). The van der Waals surface area contributed by atoms with E-state index >= 15 is 0 Å². The van der Waals surface area contributed by atoms with Crippen molar-refractivity contribution in [2.24, 2.45) is 5.73 Å². The fourth-order valence-corrected chi connectivity index (χ4v) is 1.87. The first-order chi connectivity index (χ1) is 9.69. The van der Waals surface area contributed by atoms with Gasteiger partial charge in [-0.25, -0.2) is 4.39 Å². The van der Waals surface area contributed by atoms with E-state index in [9.17, 15) is 4.39 Å². The molecule has 0 saturated carbocycles. The Morgan fingerprint density at radius 1 is 1.20 bits per heavy atom. The summed E-state index contributed by atoms with van der Waals surface area (Å²) in [6.07, 6.45) is 0. The predicted molar refractivity (Wildman–Crippen MR) is 78.1 cm³/mol. The van der Waals surface area contributed by atoms with Gasteiger partial charge < -0.3 is 10.5 Å². The smallest absolute Gasteiger partial charge is 0.135 e. The topological polar surface area (TPSA) is 35.2 Å². The van der Waals surface area contributed by atoms with Gasteiger partial charge in [0.2, 0.25) is 0 Å². The fourth-order valence-electron chi connectivity index (χ4n) is 1.66. The molecule has 0 amide bonds. The van der Waals surface area contributed by atoms with Gasteiger partial charge in [-0.3, -0.25) is 0 Å². The first kappa shape index (κ1) is 14.4. The second-order valence-corrected chi connectivity index (χ2v) is 4.50. The van der Waals surface area contributed by atoms with Gasteiger partial charge in [0, 0.05) is 5.02 Å². The zero-order chi connectivity index (χ0) is 14.4. The number of nitrogens with two attached hydrogens (primary N) is 1. The average Bonchev–Trinajstić information content (AvgIpc) is 2.44. The van der Waals surface area contributed by atoms with E-state index < -0.39 is 0 Å². The molecule has 0 atom stereocenters. The van der Waals surface area contributed by atoms with Crippen LogP contribution in [0.3, 0.4) is 0 Å². The first-order valence-electron chi connectivity index (χ1n) is 6.05. The third-order valence-electron chi connectivity index (χ3n) is 2.55. The van der Waals surface area contributed by atoms with E-state index in [1.165, 1.54) is 12.1 Å². The highest BCUT2D eigenvalue weighted by Gasteiger charge is 2.04. The molecule has 0 heterocycles. The molecule has 0 fully saturated rings. The lowest BCUT2D eigenvalue weighted by Gasteiger charge is -2.08. The summed E-state index contributed by atoms with van der Waals surface area (Å²) >= 11 is 5.91. The summed E-state index contributed by atoms with van der Waals surface area (Å²) in [6.45, 7) is 0.549. The largest absolute Gasteiger partial charge is 0.488 e. The molecular weight excluding hydrogens is 277 g/mol. The van der Waals surface area contributed by atoms with Crippen LogP contribution < -0.4 is 10.5 Å². The standard InChI is InChI=1S/C16H13ClFNO/c17-14-5-1-3-12(9-14)11-20-16-7-6-15(18)10-13(16)4-2-8-19/h1,3,5-7,9-10H,8,11,19H2. The van der Waals surface area contributed by atoms with E-state index in [0.717, 1.165) is 5.56 Å². The minimum atomic E-state index is -0.360. The maximum Gasteiger partial charge on any atom is 0.135 e. The summed E-state index contributed by atoms with van der Waals surface area (Å²) in [6, 6.07) is 11.6. The van der Waals surface area contributed by atoms with E-state index in [-0.39, 0.29) is 12.4 Å². The van der Waals surface area contributed by atoms with Crippen molar-refractivity contribution in [3.8, 4) is 17.6 Å². The van der Waals surface area contributed by atoms with Crippen molar-refractivity contribution < 1.29 is 9.13 Å². The van der Waals surface area contributed by atoms with Crippen molar-refractivity contribution in [1.29, 1.82) is 0 Å². The monoisotopic (exact) mass is 289 g/mol. The Bertz CT molecular complexity index is 661. The van der Waals surface area contributed by atoms with Crippen LogP contribution in [0.5, 0.6) is 5.75 Å². The molecule has 0 radical (unpaired) electrons. The molecule has 102 valence electrons. The van der Waals surface area contributed by atoms with Gasteiger partial charge >= 0.3 is 0 Å². The Labute approximate surface area is 122 Å². The van der Waals surface area contributed by atoms with Crippen LogP contribution in [0.1, 0.15) is 11.1 Å². The van der Waals surface area contributed by atoms with Crippen molar-refractivity contribution >= 4 is 11.6 Å². The number of halogens is 2. The highest BCUT2D eigenvalue weighted by atomic mass is 35.5. The molecule has 0 aliphatic carbocycles. The van der Waals surface area contributed by atoms with Crippen molar-refractivity contribution in [2.45, 2.75) is 6.61 Å². The van der Waals surface area contributed by atoms with Gasteiger partial charge in [-0.15, -0.1) is 0 Å². The molecule has 0 bridgehead atoms. The number of hydrogen-bond donors (Lipinski definition) is 1. The van der Waals surface area contributed by atoms with E-state index in [0.29, 0.717) is 22.9 Å². The third-order valence-corrected chi connectivity index (χ3v) is 2.79. The minimum absolute atomic E-state index is 0.213. The minimum Gasteiger partial charge on any atom is -0.488 e. The molecule has 0 unspecified atom stereocenters. The van der Waals surface area contributed by atoms with Crippen molar-refractivity contribution in [3.63, 3.8) is 0 Å². The average molecular weight is 290 g/mol. The number of rotatable bonds is 3. The normalized spacial score (nSPS) is 9.75. The van der Waals surface area contributed by atoms with Crippen molar-refractivity contribution in [2.75, 3.05) is 6.54 Å². The molecule has 0 aromatic heterocycles. The molecule has 4 heteroatoms. The predicted octanol–water partition coefficient (Wildman–Crippen LogP) is 3.37. The Morgan fingerprint density at radius 3 is 2.80 bits per heavy atom. The molecule has 0 aliphatic rings. The molecule has 2 nitrogen and oxygen atoms in total. The Kier molecular flexibility index (Phi) is 5.00. The maximum absolute atomic E-state index is 13.2. The summed E-state index contributed by atoms with van der Waals surface area (Å²) in [5, 5.41) is 0.647. The number of ether oxygens (including phenoxy) is 1. The molecule has 0 aliphatic heterocycles. The Balaban J connectivity index is 2.16. The van der Waals surface area contributed by atoms with Gasteiger partial charge in [-0.05, 0) is 35.9 Å². The van der Waals surface area contributed by atoms with E-state index in [2.05, 4.69) is 11.8 Å². The molecule has 2 N–H and O–H groups in total. The SMILES string of the molecule is NCC#Cc1cc(F)ccc1OCc1cccc(Cl)c1. The van der Waals surface area contributed by atoms with Crippen LogP contribution >= 0.6 is 11.6 Å². The second-order valence-electron chi connectivity index (χ2n) is 4.06. The number of hydrogen-bond acceptors (Lipinski definition) is 2. The quantitative estimate of drug-likeness (QED) is 0.879. The van der Waals surface area contributed by atoms with Gasteiger partial charge in [0.25, 0.3) is 0 Å². The van der Waals surface area contributed by atoms with Crippen LogP contribution in [-0.4, -0.2) is 6.54 Å². The van der Waals surface area contributed by atoms with Crippen LogP contribution in [0.25, 0.3) is 0 Å². The van der Waals surface area contributed by atoms with E-state index in [1.54, 1.807) is 12.1 Å². The fraction of sp³-hybridized carbons (Fsp3) is 0.125. The Hall–Kier alpha value is -2.02. The summed E-state index contributed by atoms with van der Waals surface area (Å²) < 4.78 is 18.9.